The fourth-order valence-corrected chi connectivity index (χ4v) is 3.60. The van der Waals surface area contributed by atoms with Gasteiger partial charge in [0, 0.05) is 45.9 Å². The minimum absolute atomic E-state index is 0.782. The second kappa shape index (κ2) is 6.64. The molecule has 0 aliphatic heterocycles. The number of aryl methyl sites for hydroxylation is 3. The van der Waals surface area contributed by atoms with Gasteiger partial charge in [-0.3, -0.25) is 4.98 Å². The molecule has 4 rings (SSSR count). The number of imidazole rings is 1. The number of hydrogen-bond donors (Lipinski definition) is 1. The van der Waals surface area contributed by atoms with E-state index in [0.717, 1.165) is 46.8 Å². The molecule has 0 unspecified atom stereocenters. The normalized spacial score (nSPS) is 11.1. The molecule has 0 saturated carbocycles. The van der Waals surface area contributed by atoms with Crippen molar-refractivity contribution >= 4 is 22.5 Å². The lowest BCUT2D eigenvalue weighted by Gasteiger charge is -2.02. The quantitative estimate of drug-likeness (QED) is 0.586. The van der Waals surface area contributed by atoms with Crippen molar-refractivity contribution in [1.82, 2.24) is 19.9 Å². The Kier molecular flexibility index (Phi) is 4.19. The highest BCUT2D eigenvalue weighted by Gasteiger charge is 2.08. The van der Waals surface area contributed by atoms with E-state index in [1.165, 1.54) is 9.75 Å². The summed E-state index contributed by atoms with van der Waals surface area (Å²) in [5, 5.41) is 0. The SMILES string of the molecule is COc1ccnc(CCc2nc3cc(-c4ccc(C)s4)cnc3[nH]2)c1. The summed E-state index contributed by atoms with van der Waals surface area (Å²) in [6.07, 6.45) is 5.25. The first-order valence-corrected chi connectivity index (χ1v) is 8.93. The Morgan fingerprint density at radius 2 is 2.04 bits per heavy atom. The second-order valence-electron chi connectivity index (χ2n) is 5.87. The van der Waals surface area contributed by atoms with Gasteiger partial charge in [0.1, 0.15) is 17.1 Å². The van der Waals surface area contributed by atoms with Crippen LogP contribution >= 0.6 is 11.3 Å². The lowest BCUT2D eigenvalue weighted by atomic mass is 10.2. The molecule has 0 aromatic carbocycles. The van der Waals surface area contributed by atoms with E-state index in [1.807, 2.05) is 18.3 Å². The van der Waals surface area contributed by atoms with Gasteiger partial charge in [-0.2, -0.15) is 0 Å². The molecule has 25 heavy (non-hydrogen) atoms. The molecular weight excluding hydrogens is 332 g/mol. The fourth-order valence-electron chi connectivity index (χ4n) is 2.75. The van der Waals surface area contributed by atoms with Crippen molar-refractivity contribution in [2.24, 2.45) is 0 Å². The standard InChI is InChI=1S/C19H18N4OS/c1-12-3-5-17(25-12)13-9-16-19(21-11-13)23-18(22-16)6-4-14-10-15(24-2)7-8-20-14/h3,5,7-11H,4,6H2,1-2H3,(H,21,22,23). The van der Waals surface area contributed by atoms with Crippen LogP contribution in [0.25, 0.3) is 21.6 Å². The molecule has 0 fully saturated rings. The van der Waals surface area contributed by atoms with Gasteiger partial charge in [-0.05, 0) is 37.6 Å². The van der Waals surface area contributed by atoms with Crippen LogP contribution in [-0.2, 0) is 12.8 Å². The molecule has 0 aliphatic rings. The van der Waals surface area contributed by atoms with Crippen molar-refractivity contribution in [3.05, 3.63) is 59.1 Å². The molecule has 1 N–H and O–H groups in total. The van der Waals surface area contributed by atoms with E-state index in [9.17, 15) is 0 Å². The molecule has 0 radical (unpaired) electrons. The summed E-state index contributed by atoms with van der Waals surface area (Å²) < 4.78 is 5.24. The summed E-state index contributed by atoms with van der Waals surface area (Å²) in [5.74, 6) is 1.75. The van der Waals surface area contributed by atoms with Gasteiger partial charge in [0.2, 0.25) is 0 Å². The Labute approximate surface area is 149 Å². The first-order chi connectivity index (χ1) is 12.2. The third-order valence-electron chi connectivity index (χ3n) is 4.05. The number of aromatic nitrogens is 4. The summed E-state index contributed by atoms with van der Waals surface area (Å²) in [6, 6.07) is 10.2. The predicted molar refractivity (Wildman–Crippen MR) is 100 cm³/mol. The van der Waals surface area contributed by atoms with Crippen LogP contribution in [-0.4, -0.2) is 27.0 Å². The number of methoxy groups -OCH3 is 1. The number of hydrogen-bond acceptors (Lipinski definition) is 5. The van der Waals surface area contributed by atoms with Crippen LogP contribution in [0.5, 0.6) is 5.75 Å². The van der Waals surface area contributed by atoms with Crippen LogP contribution in [0, 0.1) is 6.92 Å². The maximum Gasteiger partial charge on any atom is 0.157 e. The van der Waals surface area contributed by atoms with Crippen LogP contribution < -0.4 is 4.74 Å². The summed E-state index contributed by atoms with van der Waals surface area (Å²) in [6.45, 7) is 2.11. The molecule has 0 amide bonds. The molecule has 6 heteroatoms. The first-order valence-electron chi connectivity index (χ1n) is 8.11. The number of aromatic amines is 1. The Bertz CT molecular complexity index is 1020. The van der Waals surface area contributed by atoms with Gasteiger partial charge >= 0.3 is 0 Å². The van der Waals surface area contributed by atoms with E-state index >= 15 is 0 Å². The third kappa shape index (κ3) is 3.39. The van der Waals surface area contributed by atoms with Crippen LogP contribution in [0.3, 0.4) is 0 Å². The molecule has 0 spiro atoms. The lowest BCUT2D eigenvalue weighted by Crippen LogP contribution is -1.96. The van der Waals surface area contributed by atoms with E-state index in [0.29, 0.717) is 0 Å². The van der Waals surface area contributed by atoms with E-state index in [2.05, 4.69) is 40.1 Å². The zero-order valence-corrected chi connectivity index (χ0v) is 14.9. The molecular formula is C19H18N4OS. The van der Waals surface area contributed by atoms with Gasteiger partial charge in [0.05, 0.1) is 7.11 Å². The summed E-state index contributed by atoms with van der Waals surface area (Å²) in [7, 11) is 1.66. The van der Waals surface area contributed by atoms with Crippen molar-refractivity contribution in [2.75, 3.05) is 7.11 Å². The van der Waals surface area contributed by atoms with Crippen molar-refractivity contribution < 1.29 is 4.74 Å². The van der Waals surface area contributed by atoms with Crippen LogP contribution in [0.4, 0.5) is 0 Å². The number of nitrogens with zero attached hydrogens (tertiary/aromatic N) is 3. The molecule has 4 aromatic rings. The highest BCUT2D eigenvalue weighted by atomic mass is 32.1. The van der Waals surface area contributed by atoms with Gasteiger partial charge < -0.3 is 9.72 Å². The van der Waals surface area contributed by atoms with Crippen LogP contribution in [0.2, 0.25) is 0 Å². The Balaban J connectivity index is 1.54. The maximum atomic E-state index is 5.24. The molecule has 0 bridgehead atoms. The zero-order chi connectivity index (χ0) is 17.2. The lowest BCUT2D eigenvalue weighted by molar-refractivity contribution is 0.413. The van der Waals surface area contributed by atoms with Crippen LogP contribution in [0.1, 0.15) is 16.4 Å². The van der Waals surface area contributed by atoms with E-state index in [4.69, 9.17) is 9.72 Å². The van der Waals surface area contributed by atoms with E-state index in [1.54, 1.807) is 24.6 Å². The summed E-state index contributed by atoms with van der Waals surface area (Å²) in [5.41, 5.74) is 3.82. The first kappa shape index (κ1) is 15.8. The number of H-pyrrole nitrogens is 1. The molecule has 4 heterocycles. The van der Waals surface area contributed by atoms with E-state index in [-0.39, 0.29) is 0 Å². The van der Waals surface area contributed by atoms with Crippen molar-refractivity contribution in [3.8, 4) is 16.2 Å². The van der Waals surface area contributed by atoms with Crippen LogP contribution in [0.15, 0.2) is 42.7 Å². The maximum absolute atomic E-state index is 5.24. The average Bonchev–Trinajstić information content (AvgIpc) is 3.25. The molecule has 126 valence electrons. The van der Waals surface area contributed by atoms with Gasteiger partial charge in [-0.15, -0.1) is 11.3 Å². The largest absolute Gasteiger partial charge is 0.497 e. The van der Waals surface area contributed by atoms with Crippen molar-refractivity contribution in [3.63, 3.8) is 0 Å². The molecule has 0 saturated heterocycles. The molecule has 0 atom stereocenters. The Morgan fingerprint density at radius 1 is 1.12 bits per heavy atom. The Hall–Kier alpha value is -2.73. The Morgan fingerprint density at radius 3 is 2.84 bits per heavy atom. The monoisotopic (exact) mass is 350 g/mol. The number of ether oxygens (including phenoxy) is 1. The zero-order valence-electron chi connectivity index (χ0n) is 14.1. The minimum atomic E-state index is 0.782. The number of pyridine rings is 2. The average molecular weight is 350 g/mol. The number of nitrogens with one attached hydrogen (secondary N) is 1. The second-order valence-corrected chi connectivity index (χ2v) is 7.16. The fraction of sp³-hybridized carbons (Fsp3) is 0.211. The molecule has 4 aromatic heterocycles. The smallest absolute Gasteiger partial charge is 0.157 e. The highest BCUT2D eigenvalue weighted by Crippen LogP contribution is 2.28. The van der Waals surface area contributed by atoms with Gasteiger partial charge in [-0.25, -0.2) is 9.97 Å². The highest BCUT2D eigenvalue weighted by molar-refractivity contribution is 7.15. The molecule has 5 nitrogen and oxygen atoms in total. The number of rotatable bonds is 5. The van der Waals surface area contributed by atoms with Gasteiger partial charge in [0.25, 0.3) is 0 Å². The topological polar surface area (TPSA) is 63.7 Å². The third-order valence-corrected chi connectivity index (χ3v) is 5.10. The predicted octanol–water partition coefficient (Wildman–Crippen LogP) is 4.18. The van der Waals surface area contributed by atoms with Gasteiger partial charge in [-0.1, -0.05) is 0 Å². The summed E-state index contributed by atoms with van der Waals surface area (Å²) >= 11 is 1.77. The minimum Gasteiger partial charge on any atom is -0.497 e. The van der Waals surface area contributed by atoms with Gasteiger partial charge in [0.15, 0.2) is 5.65 Å². The van der Waals surface area contributed by atoms with Crippen molar-refractivity contribution in [1.29, 1.82) is 0 Å². The number of fused-ring (bicyclic) bond motifs is 1. The van der Waals surface area contributed by atoms with E-state index < -0.39 is 0 Å². The van der Waals surface area contributed by atoms with Crippen molar-refractivity contribution in [2.45, 2.75) is 19.8 Å². The number of thiophene rings is 1. The summed E-state index contributed by atoms with van der Waals surface area (Å²) in [4.78, 5) is 19.4. The molecule has 0 aliphatic carbocycles.